The lowest BCUT2D eigenvalue weighted by molar-refractivity contribution is -0.143. The smallest absolute Gasteiger partial charge is 0.416 e. The fourth-order valence-corrected chi connectivity index (χ4v) is 2.66. The van der Waals surface area contributed by atoms with Crippen LogP contribution in [0.1, 0.15) is 22.3 Å². The number of fused-ring (bicyclic) bond motifs is 1. The van der Waals surface area contributed by atoms with Gasteiger partial charge >= 0.3 is 12.4 Å². The Kier molecular flexibility index (Phi) is 4.26. The number of hydrogen-bond acceptors (Lipinski definition) is 2. The largest absolute Gasteiger partial charge is 0.454 e. The predicted octanol–water partition coefficient (Wildman–Crippen LogP) is 5.70. The van der Waals surface area contributed by atoms with Crippen LogP contribution in [-0.4, -0.2) is 6.79 Å². The maximum Gasteiger partial charge on any atom is 0.416 e. The SMILES string of the molecule is FC(F)(F)c1cc(Cc2cc3c(cc2Cl)OCO3)cc(C(F)(F)F)c1. The van der Waals surface area contributed by atoms with Crippen LogP contribution in [0.25, 0.3) is 0 Å². The third-order valence-electron chi connectivity index (χ3n) is 3.58. The Morgan fingerprint density at radius 3 is 1.84 bits per heavy atom. The fraction of sp³-hybridized carbons (Fsp3) is 0.250. The second-order valence-electron chi connectivity index (χ2n) is 5.39. The molecule has 0 fully saturated rings. The molecule has 0 saturated carbocycles. The monoisotopic (exact) mass is 382 g/mol. The van der Waals surface area contributed by atoms with Gasteiger partial charge in [-0.05, 0) is 41.8 Å². The Balaban J connectivity index is 2.03. The summed E-state index contributed by atoms with van der Waals surface area (Å²) in [6.07, 6.45) is -10.0. The van der Waals surface area contributed by atoms with Gasteiger partial charge in [0.05, 0.1) is 11.1 Å². The second kappa shape index (κ2) is 6.01. The highest BCUT2D eigenvalue weighted by Gasteiger charge is 2.36. The molecule has 9 heteroatoms. The van der Waals surface area contributed by atoms with Gasteiger partial charge < -0.3 is 9.47 Å². The van der Waals surface area contributed by atoms with E-state index in [9.17, 15) is 26.3 Å². The molecule has 1 heterocycles. The van der Waals surface area contributed by atoms with Crippen molar-refractivity contribution < 1.29 is 35.8 Å². The van der Waals surface area contributed by atoms with Crippen LogP contribution < -0.4 is 9.47 Å². The molecule has 25 heavy (non-hydrogen) atoms. The molecule has 3 rings (SSSR count). The van der Waals surface area contributed by atoms with E-state index in [1.54, 1.807) is 0 Å². The summed E-state index contributed by atoms with van der Waals surface area (Å²) in [6.45, 7) is -0.0309. The van der Waals surface area contributed by atoms with Gasteiger partial charge in [0.2, 0.25) is 6.79 Å². The van der Waals surface area contributed by atoms with Crippen molar-refractivity contribution in [3.05, 3.63) is 57.6 Å². The van der Waals surface area contributed by atoms with Crippen molar-refractivity contribution >= 4 is 11.6 Å². The number of hydrogen-bond donors (Lipinski definition) is 0. The highest BCUT2D eigenvalue weighted by molar-refractivity contribution is 6.31. The van der Waals surface area contributed by atoms with Gasteiger partial charge in [0.25, 0.3) is 0 Å². The summed E-state index contributed by atoms with van der Waals surface area (Å²) in [7, 11) is 0. The molecule has 0 bridgehead atoms. The zero-order valence-corrected chi connectivity index (χ0v) is 13.0. The standard InChI is InChI=1S/C16H9ClF6O2/c17-12-6-14-13(24-7-25-14)4-9(12)1-8-2-10(15(18,19)20)5-11(3-8)16(21,22)23/h2-6H,1,7H2. The molecule has 0 aromatic heterocycles. The van der Waals surface area contributed by atoms with Crippen LogP contribution >= 0.6 is 11.6 Å². The Labute approximate surface area is 142 Å². The minimum Gasteiger partial charge on any atom is -0.454 e. The maximum absolute atomic E-state index is 12.9. The lowest BCUT2D eigenvalue weighted by Crippen LogP contribution is -2.12. The van der Waals surface area contributed by atoms with Crippen LogP contribution in [0.5, 0.6) is 11.5 Å². The van der Waals surface area contributed by atoms with E-state index in [0.29, 0.717) is 29.2 Å². The van der Waals surface area contributed by atoms with Crippen molar-refractivity contribution in [2.75, 3.05) is 6.79 Å². The predicted molar refractivity (Wildman–Crippen MR) is 76.8 cm³/mol. The van der Waals surface area contributed by atoms with Crippen molar-refractivity contribution in [2.45, 2.75) is 18.8 Å². The van der Waals surface area contributed by atoms with Crippen LogP contribution in [0, 0.1) is 0 Å². The molecule has 1 aliphatic rings. The lowest BCUT2D eigenvalue weighted by atomic mass is 9.99. The first-order chi connectivity index (χ1) is 11.5. The van der Waals surface area contributed by atoms with Crippen LogP contribution in [-0.2, 0) is 18.8 Å². The lowest BCUT2D eigenvalue weighted by Gasteiger charge is -2.15. The number of rotatable bonds is 2. The summed E-state index contributed by atoms with van der Waals surface area (Å²) in [5.41, 5.74) is -2.57. The average molecular weight is 383 g/mol. The number of ether oxygens (including phenoxy) is 2. The number of halogens is 7. The molecule has 0 radical (unpaired) electrons. The molecule has 134 valence electrons. The van der Waals surface area contributed by atoms with Gasteiger partial charge in [-0.3, -0.25) is 0 Å². The van der Waals surface area contributed by atoms with Crippen LogP contribution in [0.2, 0.25) is 5.02 Å². The van der Waals surface area contributed by atoms with Crippen molar-refractivity contribution in [1.82, 2.24) is 0 Å². The van der Waals surface area contributed by atoms with Crippen molar-refractivity contribution in [1.29, 1.82) is 0 Å². The fourth-order valence-electron chi connectivity index (χ4n) is 2.44. The summed E-state index contributed by atoms with van der Waals surface area (Å²) in [4.78, 5) is 0. The molecule has 2 aromatic rings. The van der Waals surface area contributed by atoms with Crippen LogP contribution in [0.3, 0.4) is 0 Å². The summed E-state index contributed by atoms with van der Waals surface area (Å²) in [6, 6.07) is 4.30. The third-order valence-corrected chi connectivity index (χ3v) is 3.94. The van der Waals surface area contributed by atoms with Gasteiger partial charge in [-0.25, -0.2) is 0 Å². The second-order valence-corrected chi connectivity index (χ2v) is 5.79. The molecule has 0 unspecified atom stereocenters. The first kappa shape index (κ1) is 17.7. The van der Waals surface area contributed by atoms with E-state index in [4.69, 9.17) is 21.1 Å². The van der Waals surface area contributed by atoms with E-state index < -0.39 is 23.5 Å². The molecule has 0 amide bonds. The summed E-state index contributed by atoms with van der Waals surface area (Å²) < 4.78 is 87.7. The molecule has 0 N–H and O–H groups in total. The summed E-state index contributed by atoms with van der Waals surface area (Å²) in [5.74, 6) is 0.705. The van der Waals surface area contributed by atoms with Gasteiger partial charge in [0.1, 0.15) is 0 Å². The van der Waals surface area contributed by atoms with E-state index in [2.05, 4.69) is 0 Å². The highest BCUT2D eigenvalue weighted by atomic mass is 35.5. The molecule has 1 aliphatic heterocycles. The molecular weight excluding hydrogens is 374 g/mol. The van der Waals surface area contributed by atoms with Gasteiger partial charge in [-0.2, -0.15) is 26.3 Å². The highest BCUT2D eigenvalue weighted by Crippen LogP contribution is 2.39. The molecule has 0 spiro atoms. The summed E-state index contributed by atoms with van der Waals surface area (Å²) in [5, 5.41) is 0.162. The summed E-state index contributed by atoms with van der Waals surface area (Å²) >= 11 is 6.04. The Morgan fingerprint density at radius 2 is 1.32 bits per heavy atom. The van der Waals surface area contributed by atoms with E-state index in [1.807, 2.05) is 0 Å². The number of benzene rings is 2. The Hall–Kier alpha value is -2.09. The zero-order valence-electron chi connectivity index (χ0n) is 12.3. The normalized spacial score (nSPS) is 14.0. The molecule has 0 atom stereocenters. The molecule has 2 nitrogen and oxygen atoms in total. The van der Waals surface area contributed by atoms with Gasteiger partial charge in [-0.15, -0.1) is 0 Å². The first-order valence-electron chi connectivity index (χ1n) is 6.90. The topological polar surface area (TPSA) is 18.5 Å². The van der Waals surface area contributed by atoms with Crippen molar-refractivity contribution in [3.8, 4) is 11.5 Å². The molecule has 2 aromatic carbocycles. The minimum absolute atomic E-state index is 0.0309. The quantitative estimate of drug-likeness (QED) is 0.621. The van der Waals surface area contributed by atoms with E-state index >= 15 is 0 Å². The van der Waals surface area contributed by atoms with E-state index in [0.717, 1.165) is 0 Å². The van der Waals surface area contributed by atoms with Crippen molar-refractivity contribution in [2.24, 2.45) is 0 Å². The Bertz CT molecular complexity index is 781. The average Bonchev–Trinajstić information content (AvgIpc) is 2.92. The van der Waals surface area contributed by atoms with E-state index in [-0.39, 0.29) is 29.9 Å². The Morgan fingerprint density at radius 1 is 0.800 bits per heavy atom. The maximum atomic E-state index is 12.9. The van der Waals surface area contributed by atoms with Gasteiger partial charge in [-0.1, -0.05) is 11.6 Å². The van der Waals surface area contributed by atoms with E-state index in [1.165, 1.54) is 12.1 Å². The molecular formula is C16H9ClF6O2. The zero-order chi connectivity index (χ0) is 18.4. The van der Waals surface area contributed by atoms with Gasteiger partial charge in [0.15, 0.2) is 11.5 Å². The van der Waals surface area contributed by atoms with Crippen LogP contribution in [0.15, 0.2) is 30.3 Å². The van der Waals surface area contributed by atoms with Crippen molar-refractivity contribution in [3.63, 3.8) is 0 Å². The first-order valence-corrected chi connectivity index (χ1v) is 7.28. The third kappa shape index (κ3) is 3.78. The molecule has 0 aliphatic carbocycles. The van der Waals surface area contributed by atoms with Crippen LogP contribution in [0.4, 0.5) is 26.3 Å². The number of alkyl halides is 6. The van der Waals surface area contributed by atoms with Gasteiger partial charge in [0, 0.05) is 11.1 Å². The molecule has 0 saturated heterocycles. The minimum atomic E-state index is -4.89.